The molecule has 1 aromatic heterocycles. The number of carbonyl (C=O) groups is 1. The number of methoxy groups -OCH3 is 1. The number of nitrogens with zero attached hydrogens (tertiary/aromatic N) is 4. The molecule has 1 atom stereocenters. The van der Waals surface area contributed by atoms with Gasteiger partial charge in [-0.1, -0.05) is 12.1 Å². The van der Waals surface area contributed by atoms with Crippen LogP contribution in [0.4, 0.5) is 16.0 Å². The van der Waals surface area contributed by atoms with Crippen LogP contribution in [0, 0.1) is 17.1 Å². The molecule has 2 aromatic carbocycles. The third-order valence-corrected chi connectivity index (χ3v) is 6.22. The van der Waals surface area contributed by atoms with Crippen LogP contribution in [0.1, 0.15) is 27.9 Å². The van der Waals surface area contributed by atoms with Gasteiger partial charge in [-0.25, -0.2) is 9.37 Å². The summed E-state index contributed by atoms with van der Waals surface area (Å²) in [7, 11) is 1.45. The van der Waals surface area contributed by atoms with Crippen LogP contribution in [-0.2, 0) is 6.54 Å². The zero-order valence-corrected chi connectivity index (χ0v) is 18.1. The topological polar surface area (TPSA) is 95.5 Å². The van der Waals surface area contributed by atoms with Gasteiger partial charge in [0.05, 0.1) is 30.9 Å². The molecule has 2 N–H and O–H groups in total. The predicted octanol–water partition coefficient (Wildman–Crippen LogP) is 3.47. The van der Waals surface area contributed by atoms with E-state index < -0.39 is 5.82 Å². The van der Waals surface area contributed by atoms with Gasteiger partial charge in [0, 0.05) is 30.3 Å². The number of nitrogens with two attached hydrogens (primary N) is 1. The van der Waals surface area contributed by atoms with E-state index in [1.54, 1.807) is 35.2 Å². The fourth-order valence-electron chi connectivity index (χ4n) is 4.60. The lowest BCUT2D eigenvalue weighted by molar-refractivity contribution is 0.0996. The summed E-state index contributed by atoms with van der Waals surface area (Å²) in [5.41, 5.74) is 7.87. The number of nitriles is 1. The molecule has 7 nitrogen and oxygen atoms in total. The maximum absolute atomic E-state index is 15.0. The van der Waals surface area contributed by atoms with Crippen molar-refractivity contribution in [3.63, 3.8) is 0 Å². The van der Waals surface area contributed by atoms with Crippen molar-refractivity contribution in [1.82, 2.24) is 4.98 Å². The molecule has 1 unspecified atom stereocenters. The lowest BCUT2D eigenvalue weighted by atomic mass is 9.91. The van der Waals surface area contributed by atoms with E-state index in [1.165, 1.54) is 13.2 Å². The van der Waals surface area contributed by atoms with Crippen LogP contribution in [0.5, 0.6) is 5.75 Å². The van der Waals surface area contributed by atoms with E-state index in [-0.39, 0.29) is 29.6 Å². The molecule has 0 bridgehead atoms. The Hall–Kier alpha value is -3.96. The summed E-state index contributed by atoms with van der Waals surface area (Å²) in [5.74, 6) is 0.804. The number of hydrogen-bond donors (Lipinski definition) is 1. The molecule has 8 heteroatoms. The molecule has 0 spiro atoms. The molecule has 0 aliphatic carbocycles. The first-order chi connectivity index (χ1) is 16.0. The van der Waals surface area contributed by atoms with Crippen molar-refractivity contribution in [3.05, 3.63) is 71.0 Å². The van der Waals surface area contributed by atoms with Gasteiger partial charge in [-0.3, -0.25) is 9.69 Å². The molecular weight excluding hydrogens is 421 g/mol. The van der Waals surface area contributed by atoms with E-state index in [1.807, 2.05) is 12.1 Å². The fraction of sp³-hybridized carbons (Fsp3) is 0.240. The van der Waals surface area contributed by atoms with Gasteiger partial charge in [-0.2, -0.15) is 5.26 Å². The van der Waals surface area contributed by atoms with E-state index in [9.17, 15) is 14.4 Å². The van der Waals surface area contributed by atoms with Gasteiger partial charge in [0.2, 0.25) is 0 Å². The Morgan fingerprint density at radius 2 is 1.94 bits per heavy atom. The minimum absolute atomic E-state index is 0.107. The van der Waals surface area contributed by atoms with Crippen LogP contribution in [0.2, 0.25) is 0 Å². The molecule has 1 saturated heterocycles. The summed E-state index contributed by atoms with van der Waals surface area (Å²) in [5, 5.41) is 9.75. The second-order valence-corrected chi connectivity index (χ2v) is 8.18. The number of halogens is 1. The fourth-order valence-corrected chi connectivity index (χ4v) is 4.60. The molecule has 2 aliphatic heterocycles. The van der Waals surface area contributed by atoms with Crippen LogP contribution < -0.4 is 20.3 Å². The maximum Gasteiger partial charge on any atom is 0.260 e. The second kappa shape index (κ2) is 8.19. The molecule has 166 valence electrons. The maximum atomic E-state index is 15.0. The van der Waals surface area contributed by atoms with Gasteiger partial charge in [0.25, 0.3) is 5.91 Å². The normalized spacial score (nSPS) is 17.3. The molecule has 0 radical (unpaired) electrons. The highest BCUT2D eigenvalue weighted by Gasteiger charge is 2.34. The number of anilines is 2. The van der Waals surface area contributed by atoms with Gasteiger partial charge in [-0.05, 0) is 48.4 Å². The van der Waals surface area contributed by atoms with Crippen LogP contribution in [0.25, 0.3) is 11.1 Å². The third-order valence-electron chi connectivity index (χ3n) is 6.22. The van der Waals surface area contributed by atoms with E-state index >= 15 is 0 Å². The van der Waals surface area contributed by atoms with Gasteiger partial charge >= 0.3 is 0 Å². The SMILES string of the molecule is COc1cccc(F)c1-c1c(C#N)ccc2c1CN(c1cccc(N3CCC(N)C3)n1)C2=O. The van der Waals surface area contributed by atoms with E-state index in [4.69, 9.17) is 15.5 Å². The summed E-state index contributed by atoms with van der Waals surface area (Å²) in [6, 6.07) is 15.5. The summed E-state index contributed by atoms with van der Waals surface area (Å²) in [6.45, 7) is 1.70. The highest BCUT2D eigenvalue weighted by Crippen LogP contribution is 2.42. The first-order valence-electron chi connectivity index (χ1n) is 10.7. The predicted molar refractivity (Wildman–Crippen MR) is 123 cm³/mol. The monoisotopic (exact) mass is 443 g/mol. The van der Waals surface area contributed by atoms with E-state index in [0.717, 1.165) is 18.8 Å². The zero-order chi connectivity index (χ0) is 23.1. The van der Waals surface area contributed by atoms with Crippen molar-refractivity contribution < 1.29 is 13.9 Å². The van der Waals surface area contributed by atoms with Crippen molar-refractivity contribution in [2.45, 2.75) is 19.0 Å². The van der Waals surface area contributed by atoms with Crippen molar-refractivity contribution in [1.29, 1.82) is 5.26 Å². The Kier molecular flexibility index (Phi) is 5.19. The summed E-state index contributed by atoms with van der Waals surface area (Å²) >= 11 is 0. The largest absolute Gasteiger partial charge is 0.496 e. The molecule has 0 saturated carbocycles. The van der Waals surface area contributed by atoms with Crippen LogP contribution in [-0.4, -0.2) is 37.1 Å². The summed E-state index contributed by atoms with van der Waals surface area (Å²) in [4.78, 5) is 21.7. The minimum atomic E-state index is -0.518. The van der Waals surface area contributed by atoms with Crippen LogP contribution in [0.3, 0.4) is 0 Å². The van der Waals surface area contributed by atoms with Crippen molar-refractivity contribution in [2.75, 3.05) is 30.0 Å². The average molecular weight is 443 g/mol. The van der Waals surface area contributed by atoms with E-state index in [2.05, 4.69) is 11.0 Å². The number of fused-ring (bicyclic) bond motifs is 1. The van der Waals surface area contributed by atoms with Crippen LogP contribution >= 0.6 is 0 Å². The molecule has 3 aromatic rings. The summed E-state index contributed by atoms with van der Waals surface area (Å²) in [6.07, 6.45) is 0.894. The zero-order valence-electron chi connectivity index (χ0n) is 18.1. The Morgan fingerprint density at radius 3 is 2.67 bits per heavy atom. The highest BCUT2D eigenvalue weighted by atomic mass is 19.1. The quantitative estimate of drug-likeness (QED) is 0.664. The Balaban J connectivity index is 1.59. The minimum Gasteiger partial charge on any atom is -0.496 e. The molecule has 1 amide bonds. The van der Waals surface area contributed by atoms with Crippen molar-refractivity contribution in [3.8, 4) is 22.9 Å². The molecule has 2 aliphatic rings. The number of carbonyl (C=O) groups excluding carboxylic acids is 1. The Morgan fingerprint density at radius 1 is 1.15 bits per heavy atom. The molecular formula is C25H22FN5O2. The number of benzene rings is 2. The molecule has 5 rings (SSSR count). The van der Waals surface area contributed by atoms with Gasteiger partial charge in [0.15, 0.2) is 0 Å². The lowest BCUT2D eigenvalue weighted by Gasteiger charge is -2.20. The van der Waals surface area contributed by atoms with Crippen molar-refractivity contribution >= 4 is 17.5 Å². The van der Waals surface area contributed by atoms with Crippen molar-refractivity contribution in [2.24, 2.45) is 5.73 Å². The smallest absolute Gasteiger partial charge is 0.260 e. The lowest BCUT2D eigenvalue weighted by Crippen LogP contribution is -2.28. The molecule has 1 fully saturated rings. The Labute approximate surface area is 190 Å². The van der Waals surface area contributed by atoms with Gasteiger partial charge in [0.1, 0.15) is 23.2 Å². The van der Waals surface area contributed by atoms with Gasteiger partial charge < -0.3 is 15.4 Å². The van der Waals surface area contributed by atoms with Crippen LogP contribution in [0.15, 0.2) is 48.5 Å². The standard InChI is InChI=1S/C25H22FN5O2/c1-33-20-5-2-4-19(26)24(20)23-15(12-27)8-9-17-18(23)14-31(25(17)32)22-7-3-6-21(29-22)30-11-10-16(28)13-30/h2-9,16H,10-11,13-14,28H2,1H3. The number of rotatable bonds is 4. The first-order valence-corrected chi connectivity index (χ1v) is 10.7. The average Bonchev–Trinajstić information content (AvgIpc) is 3.42. The highest BCUT2D eigenvalue weighted by molar-refractivity contribution is 6.11. The van der Waals surface area contributed by atoms with Gasteiger partial charge in [-0.15, -0.1) is 0 Å². The Bertz CT molecular complexity index is 1300. The number of aromatic nitrogens is 1. The molecule has 3 heterocycles. The number of amides is 1. The number of ether oxygens (including phenoxy) is 1. The first kappa shape index (κ1) is 20.9. The van der Waals surface area contributed by atoms with E-state index in [0.29, 0.717) is 34.8 Å². The number of hydrogen-bond acceptors (Lipinski definition) is 6. The summed E-state index contributed by atoms with van der Waals surface area (Å²) < 4.78 is 20.3. The second-order valence-electron chi connectivity index (χ2n) is 8.18. The molecule has 33 heavy (non-hydrogen) atoms. The third kappa shape index (κ3) is 3.47. The number of pyridine rings is 1.